The van der Waals surface area contributed by atoms with E-state index in [1.165, 1.54) is 0 Å². The summed E-state index contributed by atoms with van der Waals surface area (Å²) < 4.78 is 5.70. The summed E-state index contributed by atoms with van der Waals surface area (Å²) in [6, 6.07) is 7.62. The second kappa shape index (κ2) is 9.25. The van der Waals surface area contributed by atoms with Crippen LogP contribution in [-0.2, 0) is 4.79 Å². The number of benzene rings is 1. The number of amides is 1. The Kier molecular flexibility index (Phi) is 7.34. The average molecular weight is 354 g/mol. The number of carbonyl (C=O) groups is 1. The number of hydrogen-bond donors (Lipinski definition) is 0. The van der Waals surface area contributed by atoms with Crippen molar-refractivity contribution in [1.29, 1.82) is 0 Å². The zero-order chi connectivity index (χ0) is 17.5. The Morgan fingerprint density at radius 1 is 1.38 bits per heavy atom. The number of halogens is 1. The lowest BCUT2D eigenvalue weighted by Gasteiger charge is -2.38. The predicted octanol–water partition coefficient (Wildman–Crippen LogP) is 2.20. The highest BCUT2D eigenvalue weighted by molar-refractivity contribution is 6.30. The standard InChI is InChI=1S/C18H28ClN3O2/c1-4-22(10-11-24-17-7-5-6-15(19)12-17)18(23)13-16-14-20(2)8-9-21(16)3/h5-7,12,16H,4,8-11,13-14H2,1-3H3. The van der Waals surface area contributed by atoms with Crippen molar-refractivity contribution in [1.82, 2.24) is 14.7 Å². The Bertz CT molecular complexity index is 541. The fourth-order valence-electron chi connectivity index (χ4n) is 2.94. The van der Waals surface area contributed by atoms with E-state index in [1.807, 2.05) is 30.0 Å². The van der Waals surface area contributed by atoms with Crippen molar-refractivity contribution in [2.45, 2.75) is 19.4 Å². The number of piperazine rings is 1. The summed E-state index contributed by atoms with van der Waals surface area (Å²) >= 11 is 5.94. The number of carbonyl (C=O) groups excluding carboxylic acids is 1. The number of ether oxygens (including phenoxy) is 1. The Labute approximate surface area is 150 Å². The third-order valence-corrected chi connectivity index (χ3v) is 4.79. The first kappa shape index (κ1) is 19.0. The summed E-state index contributed by atoms with van der Waals surface area (Å²) in [6.07, 6.45) is 0.561. The van der Waals surface area contributed by atoms with Crippen LogP contribution in [0.15, 0.2) is 24.3 Å². The second-order valence-electron chi connectivity index (χ2n) is 6.38. The minimum atomic E-state index is 0.194. The molecule has 0 aliphatic carbocycles. The van der Waals surface area contributed by atoms with Gasteiger partial charge in [0.05, 0.1) is 6.54 Å². The molecule has 0 saturated carbocycles. The van der Waals surface area contributed by atoms with Gasteiger partial charge in [0.15, 0.2) is 0 Å². The maximum atomic E-state index is 12.6. The molecule has 1 aromatic rings. The Morgan fingerprint density at radius 3 is 2.88 bits per heavy atom. The van der Waals surface area contributed by atoms with Gasteiger partial charge in [0.25, 0.3) is 0 Å². The molecule has 2 rings (SSSR count). The monoisotopic (exact) mass is 353 g/mol. The van der Waals surface area contributed by atoms with Gasteiger partial charge in [-0.1, -0.05) is 17.7 Å². The van der Waals surface area contributed by atoms with E-state index in [0.717, 1.165) is 25.4 Å². The van der Waals surface area contributed by atoms with Crippen LogP contribution in [0.1, 0.15) is 13.3 Å². The van der Waals surface area contributed by atoms with E-state index in [2.05, 4.69) is 23.9 Å². The summed E-state index contributed by atoms with van der Waals surface area (Å²) in [6.45, 7) is 6.79. The molecule has 134 valence electrons. The van der Waals surface area contributed by atoms with Crippen LogP contribution < -0.4 is 4.74 Å². The summed E-state index contributed by atoms with van der Waals surface area (Å²) in [5, 5.41) is 0.653. The van der Waals surface area contributed by atoms with Crippen molar-refractivity contribution in [3.63, 3.8) is 0 Å². The lowest BCUT2D eigenvalue weighted by Crippen LogP contribution is -2.52. The molecule has 1 unspecified atom stereocenters. The van der Waals surface area contributed by atoms with Gasteiger partial charge in [-0.05, 0) is 39.2 Å². The van der Waals surface area contributed by atoms with Crippen molar-refractivity contribution in [2.75, 3.05) is 53.4 Å². The fraction of sp³-hybridized carbons (Fsp3) is 0.611. The zero-order valence-corrected chi connectivity index (χ0v) is 15.6. The van der Waals surface area contributed by atoms with Crippen LogP contribution in [0.2, 0.25) is 5.02 Å². The van der Waals surface area contributed by atoms with E-state index in [1.54, 1.807) is 6.07 Å². The smallest absolute Gasteiger partial charge is 0.224 e. The van der Waals surface area contributed by atoms with Gasteiger partial charge in [-0.2, -0.15) is 0 Å². The number of nitrogens with zero attached hydrogens (tertiary/aromatic N) is 3. The molecular formula is C18H28ClN3O2. The van der Waals surface area contributed by atoms with Crippen molar-refractivity contribution < 1.29 is 9.53 Å². The summed E-state index contributed by atoms with van der Waals surface area (Å²) in [5.41, 5.74) is 0. The highest BCUT2D eigenvalue weighted by atomic mass is 35.5. The Balaban J connectivity index is 1.80. The molecule has 24 heavy (non-hydrogen) atoms. The molecule has 1 heterocycles. The maximum absolute atomic E-state index is 12.6. The lowest BCUT2D eigenvalue weighted by atomic mass is 10.1. The molecule has 0 N–H and O–H groups in total. The van der Waals surface area contributed by atoms with Gasteiger partial charge in [-0.15, -0.1) is 0 Å². The van der Waals surface area contributed by atoms with Crippen molar-refractivity contribution in [3.05, 3.63) is 29.3 Å². The lowest BCUT2D eigenvalue weighted by molar-refractivity contribution is -0.133. The molecule has 0 bridgehead atoms. The normalized spacial score (nSPS) is 19.2. The van der Waals surface area contributed by atoms with Gasteiger partial charge < -0.3 is 19.4 Å². The van der Waals surface area contributed by atoms with Crippen molar-refractivity contribution in [2.24, 2.45) is 0 Å². The molecule has 0 spiro atoms. The van der Waals surface area contributed by atoms with Gasteiger partial charge in [-0.3, -0.25) is 4.79 Å². The van der Waals surface area contributed by atoms with E-state index in [0.29, 0.717) is 37.2 Å². The van der Waals surface area contributed by atoms with Crippen LogP contribution in [0.3, 0.4) is 0 Å². The number of likely N-dealkylation sites (N-methyl/N-ethyl adjacent to an activating group) is 3. The molecule has 1 aromatic carbocycles. The van der Waals surface area contributed by atoms with E-state index >= 15 is 0 Å². The van der Waals surface area contributed by atoms with Gasteiger partial charge in [0.1, 0.15) is 12.4 Å². The molecule has 1 aliphatic heterocycles. The van der Waals surface area contributed by atoms with Crippen molar-refractivity contribution in [3.8, 4) is 5.75 Å². The average Bonchev–Trinajstić information content (AvgIpc) is 2.55. The number of hydrogen-bond acceptors (Lipinski definition) is 4. The zero-order valence-electron chi connectivity index (χ0n) is 14.9. The Morgan fingerprint density at radius 2 is 2.17 bits per heavy atom. The van der Waals surface area contributed by atoms with E-state index in [-0.39, 0.29) is 5.91 Å². The molecule has 0 radical (unpaired) electrons. The highest BCUT2D eigenvalue weighted by Crippen LogP contribution is 2.17. The first-order valence-corrected chi connectivity index (χ1v) is 8.92. The van der Waals surface area contributed by atoms with Gasteiger partial charge in [0, 0.05) is 43.7 Å². The summed E-state index contributed by atoms with van der Waals surface area (Å²) in [7, 11) is 4.21. The third kappa shape index (κ3) is 5.65. The fourth-order valence-corrected chi connectivity index (χ4v) is 3.12. The minimum absolute atomic E-state index is 0.194. The topological polar surface area (TPSA) is 36.0 Å². The first-order valence-electron chi connectivity index (χ1n) is 8.54. The molecule has 1 aliphatic rings. The van der Waals surface area contributed by atoms with Crippen LogP contribution in [0.5, 0.6) is 5.75 Å². The molecule has 1 saturated heterocycles. The van der Waals surface area contributed by atoms with Crippen molar-refractivity contribution >= 4 is 17.5 Å². The Hall–Kier alpha value is -1.30. The third-order valence-electron chi connectivity index (χ3n) is 4.55. The molecule has 1 atom stereocenters. The molecule has 1 fully saturated rings. The van der Waals surface area contributed by atoms with Crippen LogP contribution in [0.4, 0.5) is 0 Å². The van der Waals surface area contributed by atoms with Crippen LogP contribution in [-0.4, -0.2) is 80.1 Å². The SMILES string of the molecule is CCN(CCOc1cccc(Cl)c1)C(=O)CC1CN(C)CCN1C. The van der Waals surface area contributed by atoms with Crippen LogP contribution in [0.25, 0.3) is 0 Å². The van der Waals surface area contributed by atoms with Gasteiger partial charge in [-0.25, -0.2) is 0 Å². The first-order chi connectivity index (χ1) is 11.5. The molecule has 1 amide bonds. The minimum Gasteiger partial charge on any atom is -0.492 e. The van der Waals surface area contributed by atoms with Gasteiger partial charge in [0.2, 0.25) is 5.91 Å². The van der Waals surface area contributed by atoms with Gasteiger partial charge >= 0.3 is 0 Å². The summed E-state index contributed by atoms with van der Waals surface area (Å²) in [4.78, 5) is 19.0. The molecule has 0 aromatic heterocycles. The maximum Gasteiger partial charge on any atom is 0.224 e. The van der Waals surface area contributed by atoms with E-state index < -0.39 is 0 Å². The number of rotatable bonds is 7. The van der Waals surface area contributed by atoms with Crippen LogP contribution in [0, 0.1) is 0 Å². The summed E-state index contributed by atoms with van der Waals surface area (Å²) in [5.74, 6) is 0.930. The second-order valence-corrected chi connectivity index (χ2v) is 6.82. The molecule has 6 heteroatoms. The van der Waals surface area contributed by atoms with E-state index in [9.17, 15) is 4.79 Å². The largest absolute Gasteiger partial charge is 0.492 e. The van der Waals surface area contributed by atoms with Crippen LogP contribution >= 0.6 is 11.6 Å². The van der Waals surface area contributed by atoms with E-state index in [4.69, 9.17) is 16.3 Å². The molecular weight excluding hydrogens is 326 g/mol. The highest BCUT2D eigenvalue weighted by Gasteiger charge is 2.26. The quantitative estimate of drug-likeness (QED) is 0.753. The molecule has 5 nitrogen and oxygen atoms in total. The predicted molar refractivity (Wildman–Crippen MR) is 97.7 cm³/mol.